The SMILES string of the molecule is O=C(O)CN(Cc1csc(Br)c1)c1ccccc1. The summed E-state index contributed by atoms with van der Waals surface area (Å²) in [5, 5.41) is 11.0. The first-order valence-corrected chi connectivity index (χ1v) is 7.07. The molecule has 0 unspecified atom stereocenters. The molecule has 0 amide bonds. The number of hydrogen-bond acceptors (Lipinski definition) is 3. The number of aliphatic carboxylic acids is 1. The van der Waals surface area contributed by atoms with Crippen molar-refractivity contribution in [3.63, 3.8) is 0 Å². The third-order valence-corrected chi connectivity index (χ3v) is 4.00. The van der Waals surface area contributed by atoms with Crippen LogP contribution in [-0.2, 0) is 11.3 Å². The Labute approximate surface area is 118 Å². The van der Waals surface area contributed by atoms with E-state index in [-0.39, 0.29) is 6.54 Å². The molecule has 0 aliphatic heterocycles. The molecule has 0 radical (unpaired) electrons. The van der Waals surface area contributed by atoms with Crippen LogP contribution in [-0.4, -0.2) is 17.6 Å². The fraction of sp³-hybridized carbons (Fsp3) is 0.154. The molecule has 2 aromatic rings. The number of carboxylic acids is 1. The molecule has 1 aromatic heterocycles. The van der Waals surface area contributed by atoms with Crippen molar-refractivity contribution in [2.24, 2.45) is 0 Å². The number of hydrogen-bond donors (Lipinski definition) is 1. The minimum absolute atomic E-state index is 0.00250. The van der Waals surface area contributed by atoms with E-state index >= 15 is 0 Å². The van der Waals surface area contributed by atoms with Crippen LogP contribution in [0.25, 0.3) is 0 Å². The minimum Gasteiger partial charge on any atom is -0.480 e. The Morgan fingerprint density at radius 3 is 2.61 bits per heavy atom. The maximum Gasteiger partial charge on any atom is 0.323 e. The molecule has 0 bridgehead atoms. The average Bonchev–Trinajstić information content (AvgIpc) is 2.75. The monoisotopic (exact) mass is 325 g/mol. The van der Waals surface area contributed by atoms with Gasteiger partial charge in [0, 0.05) is 12.2 Å². The highest BCUT2D eigenvalue weighted by molar-refractivity contribution is 9.11. The van der Waals surface area contributed by atoms with E-state index in [1.165, 1.54) is 0 Å². The first-order chi connectivity index (χ1) is 8.65. The highest BCUT2D eigenvalue weighted by Gasteiger charge is 2.11. The molecule has 94 valence electrons. The molecular formula is C13H12BrNO2S. The number of anilines is 1. The maximum absolute atomic E-state index is 10.9. The van der Waals surface area contributed by atoms with Crippen LogP contribution in [0.5, 0.6) is 0 Å². The van der Waals surface area contributed by atoms with Crippen molar-refractivity contribution < 1.29 is 9.90 Å². The molecule has 0 saturated heterocycles. The second-order valence-corrected chi connectivity index (χ2v) is 6.13. The predicted octanol–water partition coefficient (Wildman–Crippen LogP) is 3.60. The van der Waals surface area contributed by atoms with Gasteiger partial charge in [0.15, 0.2) is 0 Å². The number of benzene rings is 1. The van der Waals surface area contributed by atoms with Gasteiger partial charge in [0.25, 0.3) is 0 Å². The molecule has 5 heteroatoms. The lowest BCUT2D eigenvalue weighted by Crippen LogP contribution is -2.28. The van der Waals surface area contributed by atoms with Crippen molar-refractivity contribution >= 4 is 38.9 Å². The summed E-state index contributed by atoms with van der Waals surface area (Å²) < 4.78 is 1.06. The topological polar surface area (TPSA) is 40.5 Å². The van der Waals surface area contributed by atoms with Crippen LogP contribution in [0.4, 0.5) is 5.69 Å². The summed E-state index contributed by atoms with van der Waals surface area (Å²) in [6.45, 7) is 0.593. The molecule has 18 heavy (non-hydrogen) atoms. The van der Waals surface area contributed by atoms with Gasteiger partial charge < -0.3 is 10.0 Å². The Balaban J connectivity index is 2.18. The molecule has 1 heterocycles. The zero-order valence-corrected chi connectivity index (χ0v) is 11.9. The average molecular weight is 326 g/mol. The van der Waals surface area contributed by atoms with E-state index in [4.69, 9.17) is 5.11 Å². The van der Waals surface area contributed by atoms with Gasteiger partial charge in [0.2, 0.25) is 0 Å². The number of thiophene rings is 1. The van der Waals surface area contributed by atoms with Crippen molar-refractivity contribution in [3.05, 3.63) is 51.1 Å². The second kappa shape index (κ2) is 6.02. The number of para-hydroxylation sites is 1. The summed E-state index contributed by atoms with van der Waals surface area (Å²) >= 11 is 5.02. The standard InChI is InChI=1S/C13H12BrNO2S/c14-12-6-10(9-18-12)7-15(8-13(16)17)11-4-2-1-3-5-11/h1-6,9H,7-8H2,(H,16,17). The van der Waals surface area contributed by atoms with Crippen molar-refractivity contribution in [2.45, 2.75) is 6.54 Å². The van der Waals surface area contributed by atoms with Gasteiger partial charge in [-0.15, -0.1) is 11.3 Å². The van der Waals surface area contributed by atoms with E-state index in [1.807, 2.05) is 46.7 Å². The number of halogens is 1. The molecule has 2 rings (SSSR count). The summed E-state index contributed by atoms with van der Waals surface area (Å²) in [6.07, 6.45) is 0. The van der Waals surface area contributed by atoms with Crippen molar-refractivity contribution in [1.29, 1.82) is 0 Å². The quantitative estimate of drug-likeness (QED) is 0.913. The molecule has 0 spiro atoms. The second-order valence-electron chi connectivity index (χ2n) is 3.84. The van der Waals surface area contributed by atoms with Gasteiger partial charge in [0.1, 0.15) is 6.54 Å². The van der Waals surface area contributed by atoms with E-state index in [9.17, 15) is 4.79 Å². The van der Waals surface area contributed by atoms with Crippen molar-refractivity contribution in [1.82, 2.24) is 0 Å². The lowest BCUT2D eigenvalue weighted by atomic mass is 10.2. The Morgan fingerprint density at radius 2 is 2.06 bits per heavy atom. The zero-order valence-electron chi connectivity index (χ0n) is 9.54. The normalized spacial score (nSPS) is 10.3. The minimum atomic E-state index is -0.826. The smallest absolute Gasteiger partial charge is 0.323 e. The molecule has 0 atom stereocenters. The van der Waals surface area contributed by atoms with E-state index in [0.717, 1.165) is 15.0 Å². The summed E-state index contributed by atoms with van der Waals surface area (Å²) in [4.78, 5) is 12.8. The zero-order chi connectivity index (χ0) is 13.0. The van der Waals surface area contributed by atoms with Crippen LogP contribution >= 0.6 is 27.3 Å². The first-order valence-electron chi connectivity index (χ1n) is 5.40. The van der Waals surface area contributed by atoms with Gasteiger partial charge >= 0.3 is 5.97 Å². The van der Waals surface area contributed by atoms with E-state index < -0.39 is 5.97 Å². The number of nitrogens with zero attached hydrogens (tertiary/aromatic N) is 1. The molecule has 1 aromatic carbocycles. The molecule has 0 saturated carbocycles. The van der Waals surface area contributed by atoms with Crippen LogP contribution in [0.1, 0.15) is 5.56 Å². The molecule has 0 aliphatic rings. The van der Waals surface area contributed by atoms with E-state index in [2.05, 4.69) is 15.9 Å². The van der Waals surface area contributed by atoms with Gasteiger partial charge in [-0.3, -0.25) is 4.79 Å². The van der Waals surface area contributed by atoms with E-state index in [1.54, 1.807) is 11.3 Å². The Hall–Kier alpha value is -1.33. The third-order valence-electron chi connectivity index (χ3n) is 2.44. The summed E-state index contributed by atoms with van der Waals surface area (Å²) in [7, 11) is 0. The summed E-state index contributed by atoms with van der Waals surface area (Å²) in [6, 6.07) is 11.6. The van der Waals surface area contributed by atoms with Crippen molar-refractivity contribution in [2.75, 3.05) is 11.4 Å². The van der Waals surface area contributed by atoms with Gasteiger partial charge in [0.05, 0.1) is 3.79 Å². The van der Waals surface area contributed by atoms with Crippen molar-refractivity contribution in [3.8, 4) is 0 Å². The highest BCUT2D eigenvalue weighted by Crippen LogP contribution is 2.23. The summed E-state index contributed by atoms with van der Waals surface area (Å²) in [5.41, 5.74) is 2.03. The maximum atomic E-state index is 10.9. The number of carboxylic acid groups (broad SMARTS) is 1. The lowest BCUT2D eigenvalue weighted by molar-refractivity contribution is -0.135. The number of rotatable bonds is 5. The highest BCUT2D eigenvalue weighted by atomic mass is 79.9. The summed E-state index contributed by atoms with van der Waals surface area (Å²) in [5.74, 6) is -0.826. The number of carbonyl (C=O) groups is 1. The van der Waals surface area contributed by atoms with Crippen LogP contribution in [0, 0.1) is 0 Å². The Bertz CT molecular complexity index is 527. The van der Waals surface area contributed by atoms with Gasteiger partial charge in [-0.05, 0) is 45.1 Å². The Morgan fingerprint density at radius 1 is 1.33 bits per heavy atom. The van der Waals surface area contributed by atoms with Gasteiger partial charge in [-0.1, -0.05) is 18.2 Å². The van der Waals surface area contributed by atoms with Crippen LogP contribution < -0.4 is 4.90 Å². The predicted molar refractivity (Wildman–Crippen MR) is 77.1 cm³/mol. The van der Waals surface area contributed by atoms with Gasteiger partial charge in [-0.2, -0.15) is 0 Å². The molecule has 1 N–H and O–H groups in total. The Kier molecular flexibility index (Phi) is 4.38. The molecule has 0 fully saturated rings. The fourth-order valence-electron chi connectivity index (χ4n) is 1.69. The van der Waals surface area contributed by atoms with Gasteiger partial charge in [-0.25, -0.2) is 0 Å². The van der Waals surface area contributed by atoms with Crippen LogP contribution in [0.3, 0.4) is 0 Å². The molecule has 0 aliphatic carbocycles. The lowest BCUT2D eigenvalue weighted by Gasteiger charge is -2.22. The van der Waals surface area contributed by atoms with E-state index in [0.29, 0.717) is 6.54 Å². The molecular weight excluding hydrogens is 314 g/mol. The van der Waals surface area contributed by atoms with Crippen LogP contribution in [0.2, 0.25) is 0 Å². The fourth-order valence-corrected chi connectivity index (χ4v) is 2.89. The largest absolute Gasteiger partial charge is 0.480 e. The molecule has 3 nitrogen and oxygen atoms in total. The third kappa shape index (κ3) is 3.58. The first kappa shape index (κ1) is 13.1. The van der Waals surface area contributed by atoms with Crippen LogP contribution in [0.15, 0.2) is 45.6 Å².